The van der Waals surface area contributed by atoms with Crippen LogP contribution in [0.2, 0.25) is 0 Å². The maximum atomic E-state index is 11.0. The minimum atomic E-state index is -0.326. The molecular weight excluding hydrogens is 216 g/mol. The summed E-state index contributed by atoms with van der Waals surface area (Å²) in [5.74, 6) is 0. The summed E-state index contributed by atoms with van der Waals surface area (Å²) in [4.78, 5) is 10.7. The predicted molar refractivity (Wildman–Crippen MR) is 70.4 cm³/mol. The molecule has 1 aromatic rings. The van der Waals surface area contributed by atoms with Crippen molar-refractivity contribution in [3.8, 4) is 0 Å². The van der Waals surface area contributed by atoms with Crippen molar-refractivity contribution in [2.75, 3.05) is 5.32 Å². The number of nitrogens with one attached hydrogen (secondary N) is 1. The van der Waals surface area contributed by atoms with Gasteiger partial charge in [0.2, 0.25) is 0 Å². The Hall–Kier alpha value is -1.58. The first-order valence-electron chi connectivity index (χ1n) is 5.74. The summed E-state index contributed by atoms with van der Waals surface area (Å²) in [5.41, 5.74) is 1.50. The van der Waals surface area contributed by atoms with Gasteiger partial charge in [0.1, 0.15) is 5.69 Å². The van der Waals surface area contributed by atoms with Crippen LogP contribution in [-0.2, 0) is 0 Å². The van der Waals surface area contributed by atoms with E-state index < -0.39 is 0 Å². The summed E-state index contributed by atoms with van der Waals surface area (Å²) in [6.45, 7) is 10.1. The van der Waals surface area contributed by atoms with Crippen molar-refractivity contribution < 1.29 is 4.92 Å². The Labute approximate surface area is 102 Å². The third-order valence-corrected chi connectivity index (χ3v) is 3.09. The number of hydrogen-bond acceptors (Lipinski definition) is 3. The van der Waals surface area contributed by atoms with E-state index in [-0.39, 0.29) is 22.1 Å². The quantitative estimate of drug-likeness (QED) is 0.642. The van der Waals surface area contributed by atoms with Gasteiger partial charge in [-0.05, 0) is 25.3 Å². The lowest BCUT2D eigenvalue weighted by Crippen LogP contribution is -2.31. The van der Waals surface area contributed by atoms with Crippen molar-refractivity contribution in [2.45, 2.75) is 40.7 Å². The van der Waals surface area contributed by atoms with Crippen LogP contribution in [0, 0.1) is 22.5 Å². The van der Waals surface area contributed by atoms with Gasteiger partial charge in [0.25, 0.3) is 5.69 Å². The SMILES string of the molecule is Cc1cccc(NC(C)C(C)(C)C)c1[N+](=O)[O-]. The maximum absolute atomic E-state index is 11.0. The monoisotopic (exact) mass is 236 g/mol. The van der Waals surface area contributed by atoms with Gasteiger partial charge in [0.15, 0.2) is 0 Å². The number of rotatable bonds is 3. The minimum Gasteiger partial charge on any atom is -0.377 e. The highest BCUT2D eigenvalue weighted by atomic mass is 16.6. The predicted octanol–water partition coefficient (Wildman–Crippen LogP) is 3.75. The van der Waals surface area contributed by atoms with Crippen LogP contribution in [0.3, 0.4) is 0 Å². The molecule has 0 saturated heterocycles. The molecule has 17 heavy (non-hydrogen) atoms. The number of hydrogen-bond donors (Lipinski definition) is 1. The fourth-order valence-electron chi connectivity index (χ4n) is 1.47. The van der Waals surface area contributed by atoms with E-state index in [2.05, 4.69) is 26.1 Å². The smallest absolute Gasteiger partial charge is 0.295 e. The van der Waals surface area contributed by atoms with Crippen molar-refractivity contribution in [1.82, 2.24) is 0 Å². The number of para-hydroxylation sites is 1. The second-order valence-corrected chi connectivity index (χ2v) is 5.46. The van der Waals surface area contributed by atoms with Gasteiger partial charge in [-0.15, -0.1) is 0 Å². The van der Waals surface area contributed by atoms with Gasteiger partial charge in [-0.25, -0.2) is 0 Å². The fourth-order valence-corrected chi connectivity index (χ4v) is 1.47. The van der Waals surface area contributed by atoms with Gasteiger partial charge in [-0.1, -0.05) is 32.9 Å². The van der Waals surface area contributed by atoms with Crippen LogP contribution in [0.4, 0.5) is 11.4 Å². The second-order valence-electron chi connectivity index (χ2n) is 5.46. The largest absolute Gasteiger partial charge is 0.377 e. The van der Waals surface area contributed by atoms with Crippen molar-refractivity contribution in [2.24, 2.45) is 5.41 Å². The molecule has 0 saturated carbocycles. The molecule has 0 fully saturated rings. The standard InChI is InChI=1S/C13H20N2O2/c1-9-7-6-8-11(12(9)15(16)17)14-10(2)13(3,4)5/h6-8,10,14H,1-5H3. The third kappa shape index (κ3) is 3.19. The Bertz CT molecular complexity index is 422. The zero-order chi connectivity index (χ0) is 13.2. The van der Waals surface area contributed by atoms with Gasteiger partial charge in [-0.2, -0.15) is 0 Å². The molecule has 0 radical (unpaired) electrons. The Morgan fingerprint density at radius 3 is 2.41 bits per heavy atom. The summed E-state index contributed by atoms with van der Waals surface area (Å²) in [7, 11) is 0. The Morgan fingerprint density at radius 1 is 1.35 bits per heavy atom. The first-order valence-corrected chi connectivity index (χ1v) is 5.74. The average molecular weight is 236 g/mol. The van der Waals surface area contributed by atoms with E-state index in [4.69, 9.17) is 0 Å². The molecule has 4 heteroatoms. The molecule has 1 N–H and O–H groups in total. The zero-order valence-electron chi connectivity index (χ0n) is 11.1. The molecule has 0 aliphatic heterocycles. The van der Waals surface area contributed by atoms with Crippen LogP contribution in [0.25, 0.3) is 0 Å². The summed E-state index contributed by atoms with van der Waals surface area (Å²) < 4.78 is 0. The van der Waals surface area contributed by atoms with Crippen molar-refractivity contribution >= 4 is 11.4 Å². The van der Waals surface area contributed by atoms with Crippen LogP contribution in [-0.4, -0.2) is 11.0 Å². The molecular formula is C13H20N2O2. The van der Waals surface area contributed by atoms with Gasteiger partial charge in [0, 0.05) is 11.6 Å². The van der Waals surface area contributed by atoms with Gasteiger partial charge >= 0.3 is 0 Å². The highest BCUT2D eigenvalue weighted by molar-refractivity contribution is 5.65. The highest BCUT2D eigenvalue weighted by Crippen LogP contribution is 2.31. The molecule has 1 aromatic carbocycles. The highest BCUT2D eigenvalue weighted by Gasteiger charge is 2.23. The van der Waals surface area contributed by atoms with E-state index in [1.807, 2.05) is 13.0 Å². The molecule has 0 aromatic heterocycles. The summed E-state index contributed by atoms with van der Waals surface area (Å²) >= 11 is 0. The molecule has 0 amide bonds. The molecule has 94 valence electrons. The molecule has 0 spiro atoms. The molecule has 0 aliphatic carbocycles. The van der Waals surface area contributed by atoms with E-state index in [0.717, 1.165) is 0 Å². The molecule has 0 bridgehead atoms. The van der Waals surface area contributed by atoms with Crippen LogP contribution in [0.1, 0.15) is 33.3 Å². The number of nitro benzene ring substituents is 1. The minimum absolute atomic E-state index is 0.0532. The zero-order valence-corrected chi connectivity index (χ0v) is 11.1. The van der Waals surface area contributed by atoms with Crippen LogP contribution >= 0.6 is 0 Å². The van der Waals surface area contributed by atoms with E-state index >= 15 is 0 Å². The van der Waals surface area contributed by atoms with Gasteiger partial charge in [0.05, 0.1) is 4.92 Å². The van der Waals surface area contributed by atoms with Crippen molar-refractivity contribution in [1.29, 1.82) is 0 Å². The molecule has 1 atom stereocenters. The number of anilines is 1. The first-order chi connectivity index (χ1) is 7.73. The third-order valence-electron chi connectivity index (χ3n) is 3.09. The van der Waals surface area contributed by atoms with Crippen LogP contribution in [0.15, 0.2) is 18.2 Å². The molecule has 0 heterocycles. The van der Waals surface area contributed by atoms with Gasteiger partial charge < -0.3 is 5.32 Å². The fraction of sp³-hybridized carbons (Fsp3) is 0.538. The number of aryl methyl sites for hydroxylation is 1. The summed E-state index contributed by atoms with van der Waals surface area (Å²) in [5, 5.41) is 14.3. The maximum Gasteiger partial charge on any atom is 0.295 e. The molecule has 0 aliphatic rings. The van der Waals surface area contributed by atoms with Crippen molar-refractivity contribution in [3.63, 3.8) is 0 Å². The Morgan fingerprint density at radius 2 is 1.94 bits per heavy atom. The van der Waals surface area contributed by atoms with E-state index in [0.29, 0.717) is 11.3 Å². The molecule has 4 nitrogen and oxygen atoms in total. The topological polar surface area (TPSA) is 55.2 Å². The van der Waals surface area contributed by atoms with Crippen LogP contribution in [0.5, 0.6) is 0 Å². The van der Waals surface area contributed by atoms with Crippen molar-refractivity contribution in [3.05, 3.63) is 33.9 Å². The number of benzene rings is 1. The average Bonchev–Trinajstić information content (AvgIpc) is 2.15. The number of nitrogens with zero attached hydrogens (tertiary/aromatic N) is 1. The summed E-state index contributed by atoms with van der Waals surface area (Å²) in [6.07, 6.45) is 0. The lowest BCUT2D eigenvalue weighted by atomic mass is 9.88. The second kappa shape index (κ2) is 4.73. The lowest BCUT2D eigenvalue weighted by Gasteiger charge is -2.29. The molecule has 1 rings (SSSR count). The lowest BCUT2D eigenvalue weighted by molar-refractivity contribution is -0.384. The normalized spacial score (nSPS) is 13.2. The van der Waals surface area contributed by atoms with E-state index in [1.54, 1.807) is 19.1 Å². The molecule has 1 unspecified atom stereocenters. The van der Waals surface area contributed by atoms with E-state index in [9.17, 15) is 10.1 Å². The van der Waals surface area contributed by atoms with E-state index in [1.165, 1.54) is 0 Å². The Balaban J connectivity index is 3.07. The first kappa shape index (κ1) is 13.5. The number of nitro groups is 1. The van der Waals surface area contributed by atoms with Crippen LogP contribution < -0.4 is 5.32 Å². The van der Waals surface area contributed by atoms with Gasteiger partial charge in [-0.3, -0.25) is 10.1 Å². The Kier molecular flexibility index (Phi) is 3.76. The summed E-state index contributed by atoms with van der Waals surface area (Å²) in [6, 6.07) is 5.50.